The predicted octanol–water partition coefficient (Wildman–Crippen LogP) is 0.852. The molecule has 0 aliphatic carbocycles. The lowest BCUT2D eigenvalue weighted by Gasteiger charge is -1.99. The van der Waals surface area contributed by atoms with Crippen LogP contribution in [0, 0.1) is 6.61 Å². The fourth-order valence-corrected chi connectivity index (χ4v) is 0.607. The van der Waals surface area contributed by atoms with Gasteiger partial charge in [0.15, 0.2) is 0 Å². The van der Waals surface area contributed by atoms with Gasteiger partial charge in [-0.1, -0.05) is 6.92 Å². The molecule has 0 amide bonds. The smallest absolute Gasteiger partial charge is 0.109 e. The lowest BCUT2D eigenvalue weighted by Crippen LogP contribution is -2.17. The Morgan fingerprint density at radius 1 is 2.00 bits per heavy atom. The van der Waals surface area contributed by atoms with E-state index in [0.717, 1.165) is 12.8 Å². The Kier molecular flexibility index (Phi) is 1.65. The fraction of sp³-hybridized carbons (Fsp3) is 0.800. The van der Waals surface area contributed by atoms with E-state index in [2.05, 4.69) is 12.4 Å². The van der Waals surface area contributed by atoms with E-state index in [4.69, 9.17) is 4.84 Å². The first kappa shape index (κ1) is 5.06. The molecule has 1 aliphatic heterocycles. The Morgan fingerprint density at radius 2 is 2.86 bits per heavy atom. The molecule has 1 radical (unpaired) electrons. The summed E-state index contributed by atoms with van der Waals surface area (Å²) in [6, 6.07) is 0.569. The van der Waals surface area contributed by atoms with Crippen molar-refractivity contribution in [3.63, 3.8) is 0 Å². The van der Waals surface area contributed by atoms with Gasteiger partial charge in [0.1, 0.15) is 6.61 Å². The van der Waals surface area contributed by atoms with Gasteiger partial charge in [0, 0.05) is 6.04 Å². The summed E-state index contributed by atoms with van der Waals surface area (Å²) in [4.78, 5) is 4.77. The summed E-state index contributed by atoms with van der Waals surface area (Å²) in [7, 11) is 0. The van der Waals surface area contributed by atoms with Crippen molar-refractivity contribution in [2.75, 3.05) is 0 Å². The molecule has 1 rings (SSSR count). The minimum Gasteiger partial charge on any atom is -0.295 e. The molecule has 1 heterocycles. The molecular weight excluding hydrogens is 90.1 g/mol. The Hall–Kier alpha value is -0.0800. The molecule has 41 valence electrons. The van der Waals surface area contributed by atoms with E-state index in [1.54, 1.807) is 6.61 Å². The molecule has 0 aromatic heterocycles. The molecule has 0 aromatic carbocycles. The van der Waals surface area contributed by atoms with Gasteiger partial charge in [0.2, 0.25) is 0 Å². The van der Waals surface area contributed by atoms with Gasteiger partial charge >= 0.3 is 0 Å². The first-order valence-corrected chi connectivity index (χ1v) is 2.66. The molecule has 0 aromatic rings. The average Bonchev–Trinajstić information content (AvgIpc) is 2.14. The minimum atomic E-state index is 0.569. The minimum absolute atomic E-state index is 0.569. The molecular formula is C5H10NO. The third-order valence-corrected chi connectivity index (χ3v) is 1.19. The van der Waals surface area contributed by atoms with Crippen molar-refractivity contribution in [3.8, 4) is 0 Å². The van der Waals surface area contributed by atoms with Crippen LogP contribution in [0.3, 0.4) is 0 Å². The lowest BCUT2D eigenvalue weighted by molar-refractivity contribution is 0.127. The van der Waals surface area contributed by atoms with Crippen LogP contribution in [0.1, 0.15) is 19.8 Å². The van der Waals surface area contributed by atoms with Crippen LogP contribution >= 0.6 is 0 Å². The second kappa shape index (κ2) is 2.28. The van der Waals surface area contributed by atoms with Crippen LogP contribution in [0.25, 0.3) is 0 Å². The molecule has 2 nitrogen and oxygen atoms in total. The standard InChI is InChI=1S/C5H10NO/c1-2-5-3-4-7-6-5/h4-6H,2-3H2,1H3. The summed E-state index contributed by atoms with van der Waals surface area (Å²) in [6.45, 7) is 3.94. The van der Waals surface area contributed by atoms with Gasteiger partial charge in [-0.2, -0.15) is 5.48 Å². The molecule has 1 atom stereocenters. The second-order valence-electron chi connectivity index (χ2n) is 1.74. The van der Waals surface area contributed by atoms with Crippen molar-refractivity contribution >= 4 is 0 Å². The van der Waals surface area contributed by atoms with Crippen LogP contribution in [0.2, 0.25) is 0 Å². The molecule has 1 unspecified atom stereocenters. The highest BCUT2D eigenvalue weighted by atomic mass is 16.7. The first-order valence-electron chi connectivity index (χ1n) is 2.66. The normalized spacial score (nSPS) is 31.3. The maximum atomic E-state index is 4.77. The lowest BCUT2D eigenvalue weighted by atomic mass is 10.2. The van der Waals surface area contributed by atoms with Gasteiger partial charge in [0.05, 0.1) is 0 Å². The molecule has 0 spiro atoms. The molecule has 1 fully saturated rings. The molecule has 1 aliphatic rings. The van der Waals surface area contributed by atoms with Gasteiger partial charge < -0.3 is 0 Å². The highest BCUT2D eigenvalue weighted by Gasteiger charge is 2.11. The SMILES string of the molecule is CCC1C[CH]ON1. The summed E-state index contributed by atoms with van der Waals surface area (Å²) in [6.07, 6.45) is 2.20. The van der Waals surface area contributed by atoms with Crippen molar-refractivity contribution in [3.05, 3.63) is 6.61 Å². The number of rotatable bonds is 1. The van der Waals surface area contributed by atoms with E-state index in [1.807, 2.05) is 0 Å². The highest BCUT2D eigenvalue weighted by Crippen LogP contribution is 2.06. The topological polar surface area (TPSA) is 21.3 Å². The van der Waals surface area contributed by atoms with E-state index < -0.39 is 0 Å². The fourth-order valence-electron chi connectivity index (χ4n) is 0.607. The van der Waals surface area contributed by atoms with E-state index >= 15 is 0 Å². The summed E-state index contributed by atoms with van der Waals surface area (Å²) < 4.78 is 0. The monoisotopic (exact) mass is 100 g/mol. The van der Waals surface area contributed by atoms with Gasteiger partial charge in [-0.15, -0.1) is 0 Å². The Labute approximate surface area is 43.8 Å². The zero-order valence-corrected chi connectivity index (χ0v) is 4.48. The second-order valence-corrected chi connectivity index (χ2v) is 1.74. The van der Waals surface area contributed by atoms with Crippen LogP contribution < -0.4 is 5.48 Å². The number of hydrogen-bond donors (Lipinski definition) is 1. The van der Waals surface area contributed by atoms with E-state index in [1.165, 1.54) is 0 Å². The maximum absolute atomic E-state index is 4.77. The molecule has 0 saturated carbocycles. The van der Waals surface area contributed by atoms with Crippen molar-refractivity contribution in [2.45, 2.75) is 25.8 Å². The number of hydroxylamine groups is 1. The number of hydrogen-bond acceptors (Lipinski definition) is 2. The predicted molar refractivity (Wildman–Crippen MR) is 27.2 cm³/mol. The Bertz CT molecular complexity index is 50.0. The van der Waals surface area contributed by atoms with Crippen LogP contribution in [0.5, 0.6) is 0 Å². The Morgan fingerprint density at radius 3 is 3.14 bits per heavy atom. The maximum Gasteiger partial charge on any atom is 0.109 e. The largest absolute Gasteiger partial charge is 0.295 e. The van der Waals surface area contributed by atoms with Gasteiger partial charge in [0.25, 0.3) is 0 Å². The van der Waals surface area contributed by atoms with Crippen LogP contribution in [-0.2, 0) is 4.84 Å². The Balaban J connectivity index is 2.14. The third kappa shape index (κ3) is 1.14. The van der Waals surface area contributed by atoms with Crippen LogP contribution in [0.15, 0.2) is 0 Å². The quantitative estimate of drug-likeness (QED) is 0.527. The van der Waals surface area contributed by atoms with E-state index in [0.29, 0.717) is 6.04 Å². The van der Waals surface area contributed by atoms with Crippen molar-refractivity contribution in [2.24, 2.45) is 0 Å². The van der Waals surface area contributed by atoms with Gasteiger partial charge in [-0.05, 0) is 12.8 Å². The van der Waals surface area contributed by atoms with E-state index in [-0.39, 0.29) is 0 Å². The van der Waals surface area contributed by atoms with Crippen molar-refractivity contribution in [1.82, 2.24) is 5.48 Å². The first-order chi connectivity index (χ1) is 3.43. The van der Waals surface area contributed by atoms with Gasteiger partial charge in [-0.25, -0.2) is 0 Å². The molecule has 1 saturated heterocycles. The van der Waals surface area contributed by atoms with Gasteiger partial charge in [-0.3, -0.25) is 4.84 Å². The summed E-state index contributed by atoms with van der Waals surface area (Å²) in [5.74, 6) is 0. The van der Waals surface area contributed by atoms with Crippen molar-refractivity contribution in [1.29, 1.82) is 0 Å². The summed E-state index contributed by atoms with van der Waals surface area (Å²) >= 11 is 0. The summed E-state index contributed by atoms with van der Waals surface area (Å²) in [5.41, 5.74) is 2.85. The van der Waals surface area contributed by atoms with E-state index in [9.17, 15) is 0 Å². The highest BCUT2D eigenvalue weighted by molar-refractivity contribution is 4.70. The zero-order chi connectivity index (χ0) is 5.11. The zero-order valence-electron chi connectivity index (χ0n) is 4.48. The van der Waals surface area contributed by atoms with Crippen LogP contribution in [-0.4, -0.2) is 6.04 Å². The molecule has 2 heteroatoms. The third-order valence-electron chi connectivity index (χ3n) is 1.19. The molecule has 0 bridgehead atoms. The van der Waals surface area contributed by atoms with Crippen LogP contribution in [0.4, 0.5) is 0 Å². The summed E-state index contributed by atoms with van der Waals surface area (Å²) in [5, 5.41) is 0. The molecule has 7 heavy (non-hydrogen) atoms. The van der Waals surface area contributed by atoms with Crippen molar-refractivity contribution < 1.29 is 4.84 Å². The molecule has 1 N–H and O–H groups in total. The number of nitrogens with one attached hydrogen (secondary N) is 1. The average molecular weight is 100 g/mol.